The number of nitrogens with zero attached hydrogens (tertiary/aromatic N) is 1. The molecule has 0 aromatic carbocycles. The van der Waals surface area contributed by atoms with Gasteiger partial charge in [-0.15, -0.1) is 11.3 Å². The normalized spacial score (nSPS) is 12.5. The first-order valence-corrected chi connectivity index (χ1v) is 5.17. The van der Waals surface area contributed by atoms with Gasteiger partial charge < -0.3 is 9.47 Å². The van der Waals surface area contributed by atoms with Crippen molar-refractivity contribution in [3.05, 3.63) is 16.1 Å². The molecular weight excluding hydrogens is 202 g/mol. The first-order chi connectivity index (χ1) is 6.72. The maximum absolute atomic E-state index is 11.1. The van der Waals surface area contributed by atoms with Crippen molar-refractivity contribution < 1.29 is 14.3 Å². The summed E-state index contributed by atoms with van der Waals surface area (Å²) in [5.41, 5.74) is 0.350. The van der Waals surface area contributed by atoms with Crippen molar-refractivity contribution in [1.29, 1.82) is 0 Å². The van der Waals surface area contributed by atoms with E-state index in [4.69, 9.17) is 4.74 Å². The van der Waals surface area contributed by atoms with E-state index >= 15 is 0 Å². The molecule has 0 amide bonds. The molecule has 1 atom stereocenters. The van der Waals surface area contributed by atoms with E-state index in [1.165, 1.54) is 18.4 Å². The van der Waals surface area contributed by atoms with Gasteiger partial charge >= 0.3 is 5.97 Å². The van der Waals surface area contributed by atoms with Gasteiger partial charge in [-0.05, 0) is 6.42 Å². The molecule has 0 radical (unpaired) electrons. The molecule has 1 aromatic heterocycles. The Morgan fingerprint density at radius 1 is 1.64 bits per heavy atom. The highest BCUT2D eigenvalue weighted by molar-refractivity contribution is 7.09. The Kier molecular flexibility index (Phi) is 4.03. The molecule has 0 spiro atoms. The Balaban J connectivity index is 2.81. The van der Waals surface area contributed by atoms with E-state index in [0.717, 1.165) is 11.4 Å². The van der Waals surface area contributed by atoms with E-state index < -0.39 is 5.97 Å². The molecule has 0 aliphatic rings. The summed E-state index contributed by atoms with van der Waals surface area (Å²) in [5, 5.41) is 2.50. The maximum atomic E-state index is 11.1. The van der Waals surface area contributed by atoms with Gasteiger partial charge in [-0.25, -0.2) is 9.78 Å². The van der Waals surface area contributed by atoms with Crippen molar-refractivity contribution in [3.63, 3.8) is 0 Å². The summed E-state index contributed by atoms with van der Waals surface area (Å²) in [6, 6.07) is 0. The lowest BCUT2D eigenvalue weighted by molar-refractivity contribution is 0.0592. The molecule has 5 heteroatoms. The Hall–Kier alpha value is -0.940. The van der Waals surface area contributed by atoms with Crippen molar-refractivity contribution in [2.24, 2.45) is 0 Å². The Morgan fingerprint density at radius 2 is 2.36 bits per heavy atom. The predicted molar refractivity (Wildman–Crippen MR) is 53.5 cm³/mol. The molecule has 4 nitrogen and oxygen atoms in total. The lowest BCUT2D eigenvalue weighted by atomic mass is 10.3. The van der Waals surface area contributed by atoms with Crippen LogP contribution in [0.1, 0.15) is 34.9 Å². The number of esters is 1. The maximum Gasteiger partial charge on any atom is 0.357 e. The quantitative estimate of drug-likeness (QED) is 0.721. The van der Waals surface area contributed by atoms with E-state index in [0.29, 0.717) is 5.69 Å². The molecule has 0 saturated heterocycles. The van der Waals surface area contributed by atoms with Gasteiger partial charge in [-0.2, -0.15) is 0 Å². The van der Waals surface area contributed by atoms with Crippen LogP contribution in [0, 0.1) is 0 Å². The Labute approximate surface area is 86.9 Å². The second-order valence-corrected chi connectivity index (χ2v) is 3.58. The van der Waals surface area contributed by atoms with Crippen LogP contribution < -0.4 is 0 Å². The minimum Gasteiger partial charge on any atom is -0.464 e. The van der Waals surface area contributed by atoms with Crippen LogP contribution in [-0.2, 0) is 9.47 Å². The zero-order valence-electron chi connectivity index (χ0n) is 8.44. The SMILES string of the molecule is CCC(OC)c1nc(C(=O)OC)cs1. The van der Waals surface area contributed by atoms with Crippen LogP contribution in [0.5, 0.6) is 0 Å². The largest absolute Gasteiger partial charge is 0.464 e. The third-order valence-electron chi connectivity index (χ3n) is 1.85. The highest BCUT2D eigenvalue weighted by Crippen LogP contribution is 2.23. The van der Waals surface area contributed by atoms with Crippen molar-refractivity contribution in [2.75, 3.05) is 14.2 Å². The zero-order valence-corrected chi connectivity index (χ0v) is 9.26. The van der Waals surface area contributed by atoms with Gasteiger partial charge in [0.05, 0.1) is 7.11 Å². The molecule has 0 aliphatic heterocycles. The first kappa shape index (κ1) is 11.1. The topological polar surface area (TPSA) is 48.4 Å². The van der Waals surface area contributed by atoms with Gasteiger partial charge in [0.2, 0.25) is 0 Å². The van der Waals surface area contributed by atoms with Crippen molar-refractivity contribution in [1.82, 2.24) is 4.98 Å². The van der Waals surface area contributed by atoms with Crippen LogP contribution in [-0.4, -0.2) is 25.2 Å². The van der Waals surface area contributed by atoms with Crippen molar-refractivity contribution >= 4 is 17.3 Å². The molecular formula is C9H13NO3S. The third-order valence-corrected chi connectivity index (χ3v) is 2.78. The van der Waals surface area contributed by atoms with E-state index in [1.54, 1.807) is 12.5 Å². The fourth-order valence-corrected chi connectivity index (χ4v) is 2.02. The van der Waals surface area contributed by atoms with Crippen LogP contribution >= 0.6 is 11.3 Å². The number of rotatable bonds is 4. The van der Waals surface area contributed by atoms with Crippen LogP contribution in [0.25, 0.3) is 0 Å². The number of aromatic nitrogens is 1. The fraction of sp³-hybridized carbons (Fsp3) is 0.556. The Bertz CT molecular complexity index is 307. The van der Waals surface area contributed by atoms with Crippen LogP contribution in [0.15, 0.2) is 5.38 Å². The van der Waals surface area contributed by atoms with Crippen molar-refractivity contribution in [2.45, 2.75) is 19.4 Å². The van der Waals surface area contributed by atoms with Gasteiger partial charge in [0.15, 0.2) is 5.69 Å². The summed E-state index contributed by atoms with van der Waals surface area (Å²) in [4.78, 5) is 15.2. The summed E-state index contributed by atoms with van der Waals surface area (Å²) in [7, 11) is 2.97. The summed E-state index contributed by atoms with van der Waals surface area (Å²) >= 11 is 1.41. The molecule has 0 fully saturated rings. The van der Waals surface area contributed by atoms with Gasteiger partial charge in [-0.3, -0.25) is 0 Å². The molecule has 1 unspecified atom stereocenters. The van der Waals surface area contributed by atoms with E-state index in [2.05, 4.69) is 9.72 Å². The molecule has 0 saturated carbocycles. The molecule has 1 heterocycles. The molecule has 78 valence electrons. The van der Waals surface area contributed by atoms with Crippen LogP contribution in [0.4, 0.5) is 0 Å². The zero-order chi connectivity index (χ0) is 10.6. The van der Waals surface area contributed by atoms with Gasteiger partial charge in [0, 0.05) is 12.5 Å². The summed E-state index contributed by atoms with van der Waals surface area (Å²) < 4.78 is 9.77. The number of hydrogen-bond donors (Lipinski definition) is 0. The standard InChI is InChI=1S/C9H13NO3S/c1-4-7(12-2)8-10-6(5-14-8)9(11)13-3/h5,7H,4H2,1-3H3. The van der Waals surface area contributed by atoms with E-state index in [1.807, 2.05) is 6.92 Å². The number of methoxy groups -OCH3 is 2. The average molecular weight is 215 g/mol. The lowest BCUT2D eigenvalue weighted by Crippen LogP contribution is -2.04. The molecule has 0 N–H and O–H groups in total. The summed E-state index contributed by atoms with van der Waals surface area (Å²) in [5.74, 6) is -0.404. The van der Waals surface area contributed by atoms with Gasteiger partial charge in [0.25, 0.3) is 0 Å². The van der Waals surface area contributed by atoms with E-state index in [9.17, 15) is 4.79 Å². The van der Waals surface area contributed by atoms with Crippen LogP contribution in [0.3, 0.4) is 0 Å². The van der Waals surface area contributed by atoms with Crippen LogP contribution in [0.2, 0.25) is 0 Å². The monoisotopic (exact) mass is 215 g/mol. The molecule has 0 aliphatic carbocycles. The second-order valence-electron chi connectivity index (χ2n) is 2.70. The Morgan fingerprint density at radius 3 is 2.86 bits per heavy atom. The predicted octanol–water partition coefficient (Wildman–Crippen LogP) is 2.03. The molecule has 0 bridgehead atoms. The highest BCUT2D eigenvalue weighted by Gasteiger charge is 2.16. The first-order valence-electron chi connectivity index (χ1n) is 4.29. The third kappa shape index (κ3) is 2.30. The number of carbonyl (C=O) groups excluding carboxylic acids is 1. The fourth-order valence-electron chi connectivity index (χ4n) is 1.08. The smallest absolute Gasteiger partial charge is 0.357 e. The lowest BCUT2D eigenvalue weighted by Gasteiger charge is -2.08. The minimum atomic E-state index is -0.404. The minimum absolute atomic E-state index is 0.0293. The van der Waals surface area contributed by atoms with Gasteiger partial charge in [-0.1, -0.05) is 6.92 Å². The average Bonchev–Trinajstić information content (AvgIpc) is 2.68. The molecule has 14 heavy (non-hydrogen) atoms. The second kappa shape index (κ2) is 5.07. The molecule has 1 aromatic rings. The van der Waals surface area contributed by atoms with Crippen molar-refractivity contribution in [3.8, 4) is 0 Å². The van der Waals surface area contributed by atoms with E-state index in [-0.39, 0.29) is 6.10 Å². The highest BCUT2D eigenvalue weighted by atomic mass is 32.1. The van der Waals surface area contributed by atoms with Gasteiger partial charge in [0.1, 0.15) is 11.1 Å². The number of carbonyl (C=O) groups is 1. The summed E-state index contributed by atoms with van der Waals surface area (Å²) in [6.45, 7) is 2.01. The number of thiazole rings is 1. The number of hydrogen-bond acceptors (Lipinski definition) is 5. The summed E-state index contributed by atoms with van der Waals surface area (Å²) in [6.07, 6.45) is 0.809. The molecule has 1 rings (SSSR count). The number of ether oxygens (including phenoxy) is 2.